The second-order valence-corrected chi connectivity index (χ2v) is 18.7. The van der Waals surface area contributed by atoms with Crippen molar-refractivity contribution in [2.24, 2.45) is 46.0 Å². The highest BCUT2D eigenvalue weighted by atomic mass is 19.1. The first kappa shape index (κ1) is 48.8. The van der Waals surface area contributed by atoms with E-state index in [-0.39, 0.29) is 56.1 Å². The number of benzene rings is 1. The molecule has 1 heterocycles. The third-order valence-corrected chi connectivity index (χ3v) is 14.4. The monoisotopic (exact) mass is 899 g/mol. The molecule has 1 unspecified atom stereocenters. The van der Waals surface area contributed by atoms with Crippen molar-refractivity contribution < 1.29 is 61.6 Å². The number of alkyl halides is 2. The number of anilines is 1. The van der Waals surface area contributed by atoms with E-state index in [2.05, 4.69) is 16.0 Å². The van der Waals surface area contributed by atoms with E-state index >= 15 is 8.78 Å². The number of carbonyl (C=O) groups is 6. The first-order valence-corrected chi connectivity index (χ1v) is 22.2. The molecular weight excluding hydrogens is 837 g/mol. The highest BCUT2D eigenvalue weighted by molar-refractivity contribution is 6.01. The van der Waals surface area contributed by atoms with Gasteiger partial charge >= 0.3 is 12.1 Å². The Morgan fingerprint density at radius 3 is 2.45 bits per heavy atom. The van der Waals surface area contributed by atoms with Crippen LogP contribution < -0.4 is 27.4 Å². The molecule has 352 valence electrons. The maximum atomic E-state index is 17.8. The smallest absolute Gasteiger partial charge is 0.409 e. The Hall–Kier alpha value is -4.62. The lowest BCUT2D eigenvalue weighted by atomic mass is 9.44. The summed E-state index contributed by atoms with van der Waals surface area (Å²) in [5, 5.41) is 19.5. The van der Waals surface area contributed by atoms with E-state index in [0.29, 0.717) is 36.9 Å². The number of primary amides is 1. The lowest BCUT2D eigenvalue weighted by Gasteiger charge is -2.63. The number of amides is 4. The number of ketones is 3. The predicted molar refractivity (Wildman–Crippen MR) is 228 cm³/mol. The van der Waals surface area contributed by atoms with E-state index in [9.17, 15) is 33.9 Å². The van der Waals surface area contributed by atoms with Gasteiger partial charge in [0, 0.05) is 41.3 Å². The molecule has 1 aromatic carbocycles. The standard InChI is InChI=1S/C46H63F2N5O11/c1-6-8-38-63-37-20-30-31-19-33(47)32-18-29(54)14-15-43(32,4)45(31,48)35(56)21-44(30,5)46(37,64-38)36(57)23-61-24-52-42(60)62-22-26-10-12-28(13-11-26)53-40(58)27(9-7-16-51-41(50)59)17-34(55)39(49)25(2)3/h10-15,18,25,27,30-31,33,35,37-39,56H,6-9,16-17,19-24,49H2,1-5H3,(H,52,60)(H,53,58)(H3,50,51,59)/t27-,30+,31+,33+,35+,37-,38?,39+,43+,44+,45+,46-/m1/s1. The summed E-state index contributed by atoms with van der Waals surface area (Å²) in [4.78, 5) is 76.4. The Morgan fingerprint density at radius 1 is 1.06 bits per heavy atom. The highest BCUT2D eigenvalue weighted by Gasteiger charge is 2.80. The summed E-state index contributed by atoms with van der Waals surface area (Å²) < 4.78 is 57.6. The molecule has 6 rings (SSSR count). The number of aliphatic hydroxyl groups excluding tert-OH is 1. The summed E-state index contributed by atoms with van der Waals surface area (Å²) in [5.41, 5.74) is 5.43. The molecule has 4 amide bonds. The molecule has 64 heavy (non-hydrogen) atoms. The van der Waals surface area contributed by atoms with Crippen LogP contribution >= 0.6 is 0 Å². The van der Waals surface area contributed by atoms with Gasteiger partial charge in [-0.25, -0.2) is 18.4 Å². The molecule has 4 aliphatic carbocycles. The van der Waals surface area contributed by atoms with Crippen LogP contribution in [0.15, 0.2) is 48.1 Å². The van der Waals surface area contributed by atoms with Crippen molar-refractivity contribution in [1.29, 1.82) is 0 Å². The number of fused-ring (bicyclic) bond motifs is 7. The molecule has 0 spiro atoms. The van der Waals surface area contributed by atoms with Crippen LogP contribution in [0.1, 0.15) is 91.5 Å². The molecule has 3 saturated carbocycles. The summed E-state index contributed by atoms with van der Waals surface area (Å²) >= 11 is 0. The average Bonchev–Trinajstić information content (AvgIpc) is 3.73. The number of halogens is 2. The minimum Gasteiger partial charge on any atom is -0.445 e. The molecule has 0 bridgehead atoms. The topological polar surface area (TPSA) is 248 Å². The Kier molecular flexibility index (Phi) is 14.8. The van der Waals surface area contributed by atoms with Gasteiger partial charge in [-0.15, -0.1) is 0 Å². The number of nitrogens with one attached hydrogen (secondary N) is 3. The van der Waals surface area contributed by atoms with E-state index < -0.39 is 114 Å². The van der Waals surface area contributed by atoms with Gasteiger partial charge in [0.1, 0.15) is 26.1 Å². The van der Waals surface area contributed by atoms with Crippen molar-refractivity contribution in [3.63, 3.8) is 0 Å². The largest absolute Gasteiger partial charge is 0.445 e. The van der Waals surface area contributed by atoms with Gasteiger partial charge in [0.25, 0.3) is 0 Å². The fraction of sp³-hybridized carbons (Fsp3) is 0.652. The van der Waals surface area contributed by atoms with Gasteiger partial charge in [-0.3, -0.25) is 24.5 Å². The normalized spacial score (nSPS) is 33.5. The fourth-order valence-corrected chi connectivity index (χ4v) is 11.0. The zero-order valence-corrected chi connectivity index (χ0v) is 37.2. The van der Waals surface area contributed by atoms with Crippen LogP contribution in [0.25, 0.3) is 0 Å². The average molecular weight is 900 g/mol. The number of hydrogen-bond donors (Lipinski definition) is 6. The molecular formula is C46H63F2N5O11. The first-order chi connectivity index (χ1) is 30.2. The van der Waals surface area contributed by atoms with Crippen LogP contribution in [0.3, 0.4) is 0 Å². The van der Waals surface area contributed by atoms with Crippen LogP contribution in [0.4, 0.5) is 24.1 Å². The summed E-state index contributed by atoms with van der Waals surface area (Å²) in [6.45, 7) is 8.02. The number of ether oxygens (including phenoxy) is 4. The molecule has 1 aliphatic heterocycles. The summed E-state index contributed by atoms with van der Waals surface area (Å²) in [5.74, 6) is -4.07. The van der Waals surface area contributed by atoms with Gasteiger partial charge in [-0.05, 0) is 92.7 Å². The van der Waals surface area contributed by atoms with Crippen molar-refractivity contribution >= 4 is 41.1 Å². The molecule has 18 heteroatoms. The van der Waals surface area contributed by atoms with Gasteiger partial charge in [0.05, 0.1) is 18.2 Å². The van der Waals surface area contributed by atoms with Crippen LogP contribution in [-0.4, -0.2) is 102 Å². The van der Waals surface area contributed by atoms with Crippen LogP contribution in [-0.2, 0) is 44.7 Å². The Balaban J connectivity index is 1.03. The molecule has 1 aromatic rings. The van der Waals surface area contributed by atoms with E-state index in [1.165, 1.54) is 19.1 Å². The Morgan fingerprint density at radius 2 is 1.78 bits per heavy atom. The van der Waals surface area contributed by atoms with Gasteiger partial charge in [-0.1, -0.05) is 52.3 Å². The number of aliphatic hydroxyl groups is 1. The lowest BCUT2D eigenvalue weighted by Crippen LogP contribution is -2.71. The van der Waals surface area contributed by atoms with E-state index in [1.54, 1.807) is 31.2 Å². The predicted octanol–water partition coefficient (Wildman–Crippen LogP) is 4.61. The van der Waals surface area contributed by atoms with Gasteiger partial charge < -0.3 is 46.2 Å². The number of hydrogen-bond acceptors (Lipinski definition) is 12. The van der Waals surface area contributed by atoms with E-state index in [0.717, 1.165) is 6.08 Å². The van der Waals surface area contributed by atoms with Gasteiger partial charge in [-0.2, -0.15) is 0 Å². The molecule has 1 saturated heterocycles. The first-order valence-electron chi connectivity index (χ1n) is 22.2. The summed E-state index contributed by atoms with van der Waals surface area (Å²) in [6, 6.07) is 5.11. The molecule has 16 nitrogen and oxygen atoms in total. The summed E-state index contributed by atoms with van der Waals surface area (Å²) in [6.07, 6.45) is -0.466. The second kappa shape index (κ2) is 19.5. The molecule has 0 aromatic heterocycles. The van der Waals surface area contributed by atoms with Crippen LogP contribution in [0.2, 0.25) is 0 Å². The number of rotatable bonds is 19. The minimum atomic E-state index is -2.34. The molecule has 0 radical (unpaired) electrons. The minimum absolute atomic E-state index is 0.00763. The van der Waals surface area contributed by atoms with Crippen LogP contribution in [0.5, 0.6) is 0 Å². The molecule has 5 aliphatic rings. The van der Waals surface area contributed by atoms with Crippen LogP contribution in [0, 0.1) is 34.5 Å². The van der Waals surface area contributed by atoms with Crippen molar-refractivity contribution in [2.45, 2.75) is 135 Å². The van der Waals surface area contributed by atoms with Crippen molar-refractivity contribution in [1.82, 2.24) is 10.6 Å². The number of alkyl carbamates (subject to hydrolysis) is 1. The maximum absolute atomic E-state index is 17.8. The molecule has 4 fully saturated rings. The number of Topliss-reactive ketones (excluding diaryl/α,β-unsaturated/α-hetero) is 2. The van der Waals surface area contributed by atoms with Gasteiger partial charge in [0.15, 0.2) is 34.9 Å². The maximum Gasteiger partial charge on any atom is 0.409 e. The number of allylic oxidation sites excluding steroid dienone is 4. The molecule has 12 atom stereocenters. The second-order valence-electron chi connectivity index (χ2n) is 18.7. The van der Waals surface area contributed by atoms with Gasteiger partial charge in [0.2, 0.25) is 5.91 Å². The fourth-order valence-electron chi connectivity index (χ4n) is 11.0. The Labute approximate surface area is 371 Å². The zero-order valence-electron chi connectivity index (χ0n) is 37.2. The van der Waals surface area contributed by atoms with Crippen molar-refractivity contribution in [3.05, 3.63) is 53.6 Å². The molecule has 8 N–H and O–H groups in total. The van der Waals surface area contributed by atoms with Crippen molar-refractivity contribution in [2.75, 3.05) is 25.2 Å². The number of urea groups is 1. The quantitative estimate of drug-likeness (QED) is 0.0824. The van der Waals surface area contributed by atoms with E-state index in [4.69, 9.17) is 30.4 Å². The number of carbonyl (C=O) groups excluding carboxylic acids is 6. The third-order valence-electron chi connectivity index (χ3n) is 14.4. The van der Waals surface area contributed by atoms with Crippen molar-refractivity contribution in [3.8, 4) is 0 Å². The third kappa shape index (κ3) is 9.13. The lowest BCUT2D eigenvalue weighted by molar-refractivity contribution is -0.235. The van der Waals surface area contributed by atoms with E-state index in [1.807, 2.05) is 20.8 Å². The summed E-state index contributed by atoms with van der Waals surface area (Å²) in [7, 11) is 0. The SMILES string of the molecule is CCCC1O[C@@H]2C[C@H]3[C@@H]4C[C@H](F)C5=CC(=O)C=C[C@]5(C)[C@@]4(F)[C@@H](O)C[C@]3(C)[C@]2(C(=O)COCNC(=O)OCc2ccc(NC(=O)[C@H](CCCNC(N)=O)CC(=O)[C@@H](N)C(C)C)cc2)O1. The zero-order chi connectivity index (χ0) is 46.8. The highest BCUT2D eigenvalue weighted by Crippen LogP contribution is 2.72. The number of nitrogens with two attached hydrogens (primary N) is 2. The Bertz CT molecular complexity index is 2020.